The van der Waals surface area contributed by atoms with E-state index in [0.717, 1.165) is 0 Å². The number of fused-ring (bicyclic) bond motifs is 1. The van der Waals surface area contributed by atoms with Crippen LogP contribution in [-0.2, 0) is 19.1 Å². The summed E-state index contributed by atoms with van der Waals surface area (Å²) < 4.78 is 28.4. The third kappa shape index (κ3) is 4.64. The fourth-order valence-electron chi connectivity index (χ4n) is 2.60. The van der Waals surface area contributed by atoms with Gasteiger partial charge in [-0.15, -0.1) is 0 Å². The van der Waals surface area contributed by atoms with Crippen LogP contribution in [0.5, 0.6) is 0 Å². The molecule has 0 aliphatic heterocycles. The molecule has 1 aromatic carbocycles. The molecule has 0 saturated heterocycles. The Hall–Kier alpha value is -2.90. The van der Waals surface area contributed by atoms with E-state index in [1.165, 1.54) is 25.3 Å². The Morgan fingerprint density at radius 3 is 2.63 bits per heavy atom. The minimum atomic E-state index is -0.850. The molecule has 146 valence electrons. The summed E-state index contributed by atoms with van der Waals surface area (Å²) in [5, 5.41) is 2.96. The second kappa shape index (κ2) is 8.66. The number of amides is 1. The quantitative estimate of drug-likeness (QED) is 0.744. The van der Waals surface area contributed by atoms with Gasteiger partial charge < -0.3 is 19.2 Å². The Kier molecular flexibility index (Phi) is 6.55. The Balaban J connectivity index is 2.03. The number of carbonyl (C=O) groups excluding carboxylic acids is 3. The van der Waals surface area contributed by atoms with Crippen molar-refractivity contribution in [1.29, 1.82) is 0 Å². The normalized spacial score (nSPS) is 13.1. The van der Waals surface area contributed by atoms with Crippen molar-refractivity contribution in [2.24, 2.45) is 5.92 Å². The minimum absolute atomic E-state index is 0.102. The molecule has 0 spiro atoms. The predicted molar refractivity (Wildman–Crippen MR) is 94.6 cm³/mol. The molecule has 1 aromatic heterocycles. The highest BCUT2D eigenvalue weighted by molar-refractivity contribution is 5.97. The number of hydrogen-bond acceptors (Lipinski definition) is 6. The van der Waals surface area contributed by atoms with E-state index < -0.39 is 36.3 Å². The first-order chi connectivity index (χ1) is 12.8. The molecule has 2 atom stereocenters. The number of aryl methyl sites for hydroxylation is 1. The fraction of sp³-hybridized carbons (Fsp3) is 0.421. The van der Waals surface area contributed by atoms with E-state index in [4.69, 9.17) is 9.15 Å². The summed E-state index contributed by atoms with van der Waals surface area (Å²) in [5.41, 5.74) is 0.759. The van der Waals surface area contributed by atoms with Crippen molar-refractivity contribution in [3.05, 3.63) is 35.3 Å². The van der Waals surface area contributed by atoms with Gasteiger partial charge in [0.25, 0.3) is 5.91 Å². The number of hydrogen-bond donors (Lipinski definition) is 1. The Labute approximate surface area is 155 Å². The molecule has 8 heteroatoms. The van der Waals surface area contributed by atoms with Crippen molar-refractivity contribution >= 4 is 28.8 Å². The van der Waals surface area contributed by atoms with Crippen molar-refractivity contribution < 1.29 is 32.7 Å². The van der Waals surface area contributed by atoms with E-state index in [9.17, 15) is 18.8 Å². The van der Waals surface area contributed by atoms with Gasteiger partial charge in [0.1, 0.15) is 17.4 Å². The molecule has 1 heterocycles. The molecule has 0 aliphatic rings. The smallest absolute Gasteiger partial charge is 0.375 e. The van der Waals surface area contributed by atoms with Gasteiger partial charge in [0.2, 0.25) is 5.76 Å². The van der Waals surface area contributed by atoms with Crippen molar-refractivity contribution in [3.63, 3.8) is 0 Å². The summed E-state index contributed by atoms with van der Waals surface area (Å²) in [6.45, 7) is 4.68. The highest BCUT2D eigenvalue weighted by Gasteiger charge is 2.27. The number of furan rings is 1. The van der Waals surface area contributed by atoms with Gasteiger partial charge in [0, 0.05) is 10.9 Å². The van der Waals surface area contributed by atoms with Crippen molar-refractivity contribution in [1.82, 2.24) is 5.32 Å². The van der Waals surface area contributed by atoms with Crippen molar-refractivity contribution in [2.45, 2.75) is 33.2 Å². The molecular weight excluding hydrogens is 357 g/mol. The van der Waals surface area contributed by atoms with Gasteiger partial charge in [-0.1, -0.05) is 20.3 Å². The Morgan fingerprint density at radius 1 is 1.30 bits per heavy atom. The van der Waals surface area contributed by atoms with Crippen LogP contribution in [0, 0.1) is 18.7 Å². The lowest BCUT2D eigenvalue weighted by atomic mass is 9.99. The SMILES string of the molecule is CC[C@@H](C)[C@@H](NC(=O)COC(=O)c1oc2ccc(F)cc2c1C)C(=O)OC. The highest BCUT2D eigenvalue weighted by atomic mass is 19.1. The van der Waals surface area contributed by atoms with E-state index in [0.29, 0.717) is 23.0 Å². The summed E-state index contributed by atoms with van der Waals surface area (Å²) >= 11 is 0. The molecule has 7 nitrogen and oxygen atoms in total. The number of nitrogens with one attached hydrogen (secondary N) is 1. The topological polar surface area (TPSA) is 94.8 Å². The maximum atomic E-state index is 13.3. The summed E-state index contributed by atoms with van der Waals surface area (Å²) in [6.07, 6.45) is 0.647. The standard InChI is InChI=1S/C19H22FNO6/c1-5-10(2)16(18(23)25-4)21-15(22)9-26-19(24)17-11(3)13-8-12(20)6-7-14(13)27-17/h6-8,10,16H,5,9H2,1-4H3,(H,21,22)/t10-,16-/m1/s1. The molecule has 0 aliphatic carbocycles. The zero-order valence-electron chi connectivity index (χ0n) is 15.6. The van der Waals surface area contributed by atoms with Crippen LogP contribution in [0.3, 0.4) is 0 Å². The largest absolute Gasteiger partial charge is 0.467 e. The summed E-state index contributed by atoms with van der Waals surface area (Å²) in [6, 6.07) is 3.05. The second-order valence-electron chi connectivity index (χ2n) is 6.23. The first kappa shape index (κ1) is 20.4. The average molecular weight is 379 g/mol. The van der Waals surface area contributed by atoms with Crippen LogP contribution in [0.25, 0.3) is 11.0 Å². The van der Waals surface area contributed by atoms with Crippen LogP contribution in [0.4, 0.5) is 4.39 Å². The summed E-state index contributed by atoms with van der Waals surface area (Å²) in [4.78, 5) is 36.1. The molecule has 27 heavy (non-hydrogen) atoms. The number of benzene rings is 1. The van der Waals surface area contributed by atoms with E-state index in [2.05, 4.69) is 10.1 Å². The molecule has 0 saturated carbocycles. The van der Waals surface area contributed by atoms with Crippen LogP contribution in [-0.4, -0.2) is 37.6 Å². The van der Waals surface area contributed by atoms with Crippen molar-refractivity contribution in [2.75, 3.05) is 13.7 Å². The van der Waals surface area contributed by atoms with Gasteiger partial charge >= 0.3 is 11.9 Å². The van der Waals surface area contributed by atoms with Crippen LogP contribution >= 0.6 is 0 Å². The number of methoxy groups -OCH3 is 1. The summed E-state index contributed by atoms with van der Waals surface area (Å²) in [5.74, 6) is -2.76. The average Bonchev–Trinajstić information content (AvgIpc) is 2.99. The predicted octanol–water partition coefficient (Wildman–Crippen LogP) is 2.74. The second-order valence-corrected chi connectivity index (χ2v) is 6.23. The number of ether oxygens (including phenoxy) is 2. The van der Waals surface area contributed by atoms with Crippen molar-refractivity contribution in [3.8, 4) is 0 Å². The van der Waals surface area contributed by atoms with Gasteiger partial charge in [-0.3, -0.25) is 4.79 Å². The Morgan fingerprint density at radius 2 is 2.00 bits per heavy atom. The number of rotatable bonds is 7. The van der Waals surface area contributed by atoms with Gasteiger partial charge in [0.05, 0.1) is 7.11 Å². The molecule has 0 unspecified atom stereocenters. The van der Waals surface area contributed by atoms with E-state index in [1.54, 1.807) is 13.8 Å². The van der Waals surface area contributed by atoms with E-state index in [1.807, 2.05) is 6.92 Å². The fourth-order valence-corrected chi connectivity index (χ4v) is 2.60. The molecule has 2 rings (SSSR count). The van der Waals surface area contributed by atoms with Crippen LogP contribution in [0.2, 0.25) is 0 Å². The zero-order chi connectivity index (χ0) is 20.1. The third-order valence-electron chi connectivity index (χ3n) is 4.40. The van der Waals surface area contributed by atoms with Crippen LogP contribution in [0.1, 0.15) is 36.4 Å². The summed E-state index contributed by atoms with van der Waals surface area (Å²) in [7, 11) is 1.23. The molecule has 0 radical (unpaired) electrons. The monoisotopic (exact) mass is 379 g/mol. The maximum Gasteiger partial charge on any atom is 0.375 e. The Bertz CT molecular complexity index is 859. The van der Waals surface area contributed by atoms with Gasteiger partial charge in [0.15, 0.2) is 6.61 Å². The molecule has 1 N–H and O–H groups in total. The first-order valence-corrected chi connectivity index (χ1v) is 8.51. The minimum Gasteiger partial charge on any atom is -0.467 e. The first-order valence-electron chi connectivity index (χ1n) is 8.51. The molecule has 0 bridgehead atoms. The van der Waals surface area contributed by atoms with Gasteiger partial charge in [-0.25, -0.2) is 14.0 Å². The molecule has 0 fully saturated rings. The lowest BCUT2D eigenvalue weighted by Crippen LogP contribution is -2.47. The lowest BCUT2D eigenvalue weighted by Gasteiger charge is -2.21. The highest BCUT2D eigenvalue weighted by Crippen LogP contribution is 2.26. The molecule has 1 amide bonds. The number of esters is 2. The van der Waals surface area contributed by atoms with E-state index >= 15 is 0 Å². The number of carbonyl (C=O) groups is 3. The van der Waals surface area contributed by atoms with Crippen LogP contribution in [0.15, 0.2) is 22.6 Å². The van der Waals surface area contributed by atoms with E-state index in [-0.39, 0.29) is 11.7 Å². The molecular formula is C19H22FNO6. The molecule has 2 aromatic rings. The zero-order valence-corrected chi connectivity index (χ0v) is 15.6. The number of halogens is 1. The third-order valence-corrected chi connectivity index (χ3v) is 4.40. The lowest BCUT2D eigenvalue weighted by molar-refractivity contribution is -0.147. The van der Waals surface area contributed by atoms with Gasteiger partial charge in [-0.2, -0.15) is 0 Å². The maximum absolute atomic E-state index is 13.3. The van der Waals surface area contributed by atoms with Gasteiger partial charge in [-0.05, 0) is 31.0 Å². The van der Waals surface area contributed by atoms with Crippen LogP contribution < -0.4 is 5.32 Å².